The van der Waals surface area contributed by atoms with Crippen LogP contribution in [0.1, 0.15) is 38.8 Å². The predicted octanol–water partition coefficient (Wildman–Crippen LogP) is 5.69. The van der Waals surface area contributed by atoms with E-state index in [0.717, 1.165) is 11.8 Å². The molecular formula is C29H25F3N2O6S2. The molecule has 1 aromatic heterocycles. The van der Waals surface area contributed by atoms with Crippen LogP contribution >= 0.6 is 11.3 Å². The van der Waals surface area contributed by atoms with Crippen molar-refractivity contribution in [3.05, 3.63) is 99.9 Å². The summed E-state index contributed by atoms with van der Waals surface area (Å²) in [5.41, 5.74) is 3.19. The van der Waals surface area contributed by atoms with Gasteiger partial charge in [0.15, 0.2) is 9.84 Å². The maximum absolute atomic E-state index is 12.7. The lowest BCUT2D eigenvalue weighted by atomic mass is 9.92. The molecule has 4 aromatic rings. The smallest absolute Gasteiger partial charge is 0.481 e. The Balaban J connectivity index is 1.60. The summed E-state index contributed by atoms with van der Waals surface area (Å²) in [6.07, 6.45) is -3.49. The van der Waals surface area contributed by atoms with Gasteiger partial charge in [0, 0.05) is 35.2 Å². The molecule has 0 bridgehead atoms. The number of carboxylic acids is 1. The van der Waals surface area contributed by atoms with E-state index in [9.17, 15) is 31.2 Å². The molecule has 220 valence electrons. The fraction of sp³-hybridized carbons (Fsp3) is 0.207. The molecule has 0 aliphatic rings. The first-order valence-electron chi connectivity index (χ1n) is 12.5. The van der Waals surface area contributed by atoms with E-state index < -0.39 is 28.1 Å². The molecule has 1 amide bonds. The van der Waals surface area contributed by atoms with Crippen LogP contribution in [0.5, 0.6) is 5.75 Å². The van der Waals surface area contributed by atoms with E-state index in [-0.39, 0.29) is 29.5 Å². The number of alkyl halides is 3. The molecule has 0 fully saturated rings. The summed E-state index contributed by atoms with van der Waals surface area (Å²) in [5, 5.41) is 13.8. The Kier molecular flexibility index (Phi) is 9.32. The van der Waals surface area contributed by atoms with Crippen LogP contribution in [0, 0.1) is 0 Å². The predicted molar refractivity (Wildman–Crippen MR) is 150 cm³/mol. The van der Waals surface area contributed by atoms with Crippen LogP contribution < -0.4 is 10.1 Å². The highest BCUT2D eigenvalue weighted by molar-refractivity contribution is 7.90. The second-order valence-electron chi connectivity index (χ2n) is 9.34. The summed E-state index contributed by atoms with van der Waals surface area (Å²) in [6, 6.07) is 18.6. The third-order valence-corrected chi connectivity index (χ3v) is 8.28. The molecule has 0 radical (unpaired) electrons. The van der Waals surface area contributed by atoms with Gasteiger partial charge in [-0.1, -0.05) is 36.4 Å². The van der Waals surface area contributed by atoms with Gasteiger partial charge in [-0.05, 0) is 53.9 Å². The SMILES string of the molecule is CS(=O)(=O)c1ccc(-c2csc(C(Cc3ccc(C(=O)NCCC(=O)O)cc3)c3ccc(OC(F)(F)F)cc3)n2)cc1. The summed E-state index contributed by atoms with van der Waals surface area (Å²) >= 11 is 1.36. The largest absolute Gasteiger partial charge is 0.573 e. The number of nitrogens with zero attached hydrogens (tertiary/aromatic N) is 1. The number of sulfone groups is 1. The van der Waals surface area contributed by atoms with Crippen molar-refractivity contribution in [1.29, 1.82) is 0 Å². The van der Waals surface area contributed by atoms with E-state index in [2.05, 4.69) is 10.1 Å². The minimum atomic E-state index is -4.82. The van der Waals surface area contributed by atoms with Crippen LogP contribution in [0.2, 0.25) is 0 Å². The number of hydrogen-bond donors (Lipinski definition) is 2. The number of carboxylic acid groups (broad SMARTS) is 1. The number of thiazole rings is 1. The van der Waals surface area contributed by atoms with Crippen LogP contribution in [0.15, 0.2) is 83.1 Å². The Morgan fingerprint density at radius 2 is 1.64 bits per heavy atom. The van der Waals surface area contributed by atoms with Crippen LogP contribution in [0.4, 0.5) is 13.2 Å². The fourth-order valence-electron chi connectivity index (χ4n) is 4.12. The third kappa shape index (κ3) is 8.40. The molecular weight excluding hydrogens is 593 g/mol. The van der Waals surface area contributed by atoms with Gasteiger partial charge < -0.3 is 15.2 Å². The molecule has 4 rings (SSSR count). The average Bonchev–Trinajstić information content (AvgIpc) is 3.41. The van der Waals surface area contributed by atoms with Crippen molar-refractivity contribution >= 4 is 33.1 Å². The maximum Gasteiger partial charge on any atom is 0.573 e. The number of aliphatic carboxylic acids is 1. The maximum atomic E-state index is 12.7. The number of halogens is 3. The summed E-state index contributed by atoms with van der Waals surface area (Å²) in [4.78, 5) is 27.9. The Morgan fingerprint density at radius 3 is 2.21 bits per heavy atom. The molecule has 3 aromatic carbocycles. The standard InChI is InChI=1S/C29H25F3N2O6S2/c1-42(38,39)23-12-8-20(9-13-23)25-17-41-28(34-25)24(19-6-10-22(11-7-19)40-29(30,31)32)16-18-2-4-21(5-3-18)27(37)33-15-14-26(35)36/h2-13,17,24H,14-16H2,1H3,(H,33,37)(H,35,36). The van der Waals surface area contributed by atoms with Crippen LogP contribution in [0.25, 0.3) is 11.3 Å². The van der Waals surface area contributed by atoms with Gasteiger partial charge in [0.2, 0.25) is 0 Å². The lowest BCUT2D eigenvalue weighted by molar-refractivity contribution is -0.274. The Hall–Kier alpha value is -4.23. The number of ether oxygens (including phenoxy) is 1. The second-order valence-corrected chi connectivity index (χ2v) is 12.2. The zero-order valence-corrected chi connectivity index (χ0v) is 23.7. The van der Waals surface area contributed by atoms with E-state index in [4.69, 9.17) is 10.1 Å². The summed E-state index contributed by atoms with van der Waals surface area (Å²) in [7, 11) is -3.36. The summed E-state index contributed by atoms with van der Waals surface area (Å²) in [5.74, 6) is -2.15. The molecule has 1 heterocycles. The van der Waals surface area contributed by atoms with E-state index in [0.29, 0.717) is 33.8 Å². The quantitative estimate of drug-likeness (QED) is 0.221. The van der Waals surface area contributed by atoms with Crippen molar-refractivity contribution in [3.8, 4) is 17.0 Å². The molecule has 8 nitrogen and oxygen atoms in total. The highest BCUT2D eigenvalue weighted by Crippen LogP contribution is 2.35. The first-order valence-corrected chi connectivity index (χ1v) is 15.3. The highest BCUT2D eigenvalue weighted by Gasteiger charge is 2.31. The Labute approximate surface area is 243 Å². The minimum absolute atomic E-state index is 0.00456. The Bertz CT molecular complexity index is 1650. The number of aromatic nitrogens is 1. The van der Waals surface area contributed by atoms with Crippen molar-refractivity contribution in [2.24, 2.45) is 0 Å². The molecule has 42 heavy (non-hydrogen) atoms. The van der Waals surface area contributed by atoms with Gasteiger partial charge in [0.25, 0.3) is 5.91 Å². The van der Waals surface area contributed by atoms with Crippen LogP contribution in [-0.2, 0) is 21.1 Å². The number of carbonyl (C=O) groups is 2. The van der Waals surface area contributed by atoms with Crippen molar-refractivity contribution < 1.29 is 41.0 Å². The van der Waals surface area contributed by atoms with Gasteiger partial charge >= 0.3 is 12.3 Å². The fourth-order valence-corrected chi connectivity index (χ4v) is 5.70. The van der Waals surface area contributed by atoms with E-state index in [1.54, 1.807) is 36.4 Å². The van der Waals surface area contributed by atoms with Gasteiger partial charge in [0.1, 0.15) is 10.8 Å². The van der Waals surface area contributed by atoms with Crippen LogP contribution in [0.3, 0.4) is 0 Å². The van der Waals surface area contributed by atoms with Crippen molar-refractivity contribution in [2.75, 3.05) is 12.8 Å². The van der Waals surface area contributed by atoms with Gasteiger partial charge in [-0.2, -0.15) is 0 Å². The highest BCUT2D eigenvalue weighted by atomic mass is 32.2. The summed E-state index contributed by atoms with van der Waals surface area (Å²) in [6.45, 7) is -0.00456. The number of rotatable bonds is 11. The average molecular weight is 619 g/mol. The second kappa shape index (κ2) is 12.7. The van der Waals surface area contributed by atoms with E-state index >= 15 is 0 Å². The number of hydrogen-bond acceptors (Lipinski definition) is 7. The topological polar surface area (TPSA) is 123 Å². The zero-order chi connectivity index (χ0) is 30.5. The molecule has 0 saturated heterocycles. The number of benzene rings is 3. The van der Waals surface area contributed by atoms with Gasteiger partial charge in [-0.25, -0.2) is 13.4 Å². The molecule has 0 aliphatic carbocycles. The van der Waals surface area contributed by atoms with Crippen molar-refractivity contribution in [1.82, 2.24) is 10.3 Å². The molecule has 13 heteroatoms. The lowest BCUT2D eigenvalue weighted by Crippen LogP contribution is -2.25. The van der Waals surface area contributed by atoms with Gasteiger partial charge in [0.05, 0.1) is 17.0 Å². The minimum Gasteiger partial charge on any atom is -0.481 e. The number of nitrogens with one attached hydrogen (secondary N) is 1. The normalized spacial score (nSPS) is 12.5. The van der Waals surface area contributed by atoms with Crippen molar-refractivity contribution in [2.45, 2.75) is 30.0 Å². The molecule has 0 saturated carbocycles. The van der Waals surface area contributed by atoms with Gasteiger partial charge in [-0.15, -0.1) is 24.5 Å². The molecule has 0 spiro atoms. The molecule has 2 N–H and O–H groups in total. The van der Waals surface area contributed by atoms with E-state index in [1.807, 2.05) is 5.38 Å². The molecule has 0 aliphatic heterocycles. The summed E-state index contributed by atoms with van der Waals surface area (Å²) < 4.78 is 65.7. The van der Waals surface area contributed by atoms with E-state index in [1.165, 1.54) is 47.7 Å². The lowest BCUT2D eigenvalue weighted by Gasteiger charge is -2.17. The third-order valence-electron chi connectivity index (χ3n) is 6.19. The molecule has 1 unspecified atom stereocenters. The molecule has 1 atom stereocenters. The monoisotopic (exact) mass is 618 g/mol. The zero-order valence-electron chi connectivity index (χ0n) is 22.1. The van der Waals surface area contributed by atoms with Gasteiger partial charge in [-0.3, -0.25) is 9.59 Å². The number of amides is 1. The van der Waals surface area contributed by atoms with Crippen molar-refractivity contribution in [3.63, 3.8) is 0 Å². The number of carbonyl (C=O) groups excluding carboxylic acids is 1. The Morgan fingerprint density at radius 1 is 1.00 bits per heavy atom. The first kappa shape index (κ1) is 30.7. The first-order chi connectivity index (χ1) is 19.8. The van der Waals surface area contributed by atoms with Crippen LogP contribution in [-0.4, -0.2) is 49.5 Å².